The molecule has 1 aliphatic heterocycles. The van der Waals surface area contributed by atoms with Crippen LogP contribution in [-0.2, 0) is 9.59 Å². The maximum atomic E-state index is 13.1. The molecule has 1 heterocycles. The van der Waals surface area contributed by atoms with Crippen LogP contribution in [0, 0.1) is 5.92 Å². The van der Waals surface area contributed by atoms with E-state index in [1.165, 1.54) is 11.3 Å². The molecule has 1 spiro atoms. The molecule has 0 aromatic carbocycles. The topological polar surface area (TPSA) is 69.7 Å². The first-order valence-electron chi connectivity index (χ1n) is 10.3. The highest BCUT2D eigenvalue weighted by molar-refractivity contribution is 6.09. The van der Waals surface area contributed by atoms with Crippen molar-refractivity contribution in [2.75, 3.05) is 6.54 Å². The van der Waals surface area contributed by atoms with Gasteiger partial charge in [-0.05, 0) is 45.4 Å². The summed E-state index contributed by atoms with van der Waals surface area (Å²) < 4.78 is 0. The first kappa shape index (κ1) is 19.2. The number of urea groups is 1. The molecule has 1 N–H and O–H groups in total. The van der Waals surface area contributed by atoms with Crippen LogP contribution in [0.3, 0.4) is 0 Å². The lowest BCUT2D eigenvalue weighted by molar-refractivity contribution is -0.143. The van der Waals surface area contributed by atoms with E-state index in [4.69, 9.17) is 0 Å². The van der Waals surface area contributed by atoms with Gasteiger partial charge < -0.3 is 10.2 Å². The van der Waals surface area contributed by atoms with E-state index < -0.39 is 11.6 Å². The number of hydrogen-bond acceptors (Lipinski definition) is 3. The minimum Gasteiger partial charge on any atom is -0.336 e. The smallest absolute Gasteiger partial charge is 0.325 e. The van der Waals surface area contributed by atoms with E-state index in [-0.39, 0.29) is 36.4 Å². The summed E-state index contributed by atoms with van der Waals surface area (Å²) in [6, 6.07) is -0.0852. The summed E-state index contributed by atoms with van der Waals surface area (Å²) in [7, 11) is 0. The lowest BCUT2D eigenvalue weighted by Gasteiger charge is -2.38. The predicted octanol–water partition coefficient (Wildman–Crippen LogP) is 3.06. The molecule has 26 heavy (non-hydrogen) atoms. The number of nitrogens with zero attached hydrogens (tertiary/aromatic N) is 2. The molecule has 3 rings (SSSR count). The zero-order valence-corrected chi connectivity index (χ0v) is 16.4. The average molecular weight is 364 g/mol. The van der Waals surface area contributed by atoms with Crippen LogP contribution in [0.15, 0.2) is 0 Å². The summed E-state index contributed by atoms with van der Waals surface area (Å²) in [6.45, 7) is 5.94. The largest absolute Gasteiger partial charge is 0.336 e. The Kier molecular flexibility index (Phi) is 5.58. The van der Waals surface area contributed by atoms with Crippen molar-refractivity contribution in [2.24, 2.45) is 5.92 Å². The van der Waals surface area contributed by atoms with E-state index in [9.17, 15) is 14.4 Å². The third-order valence-corrected chi connectivity index (χ3v) is 6.61. The Labute approximate surface area is 156 Å². The van der Waals surface area contributed by atoms with Crippen molar-refractivity contribution in [3.05, 3.63) is 0 Å². The van der Waals surface area contributed by atoms with Gasteiger partial charge in [0.1, 0.15) is 12.1 Å². The number of hydrogen-bond donors (Lipinski definition) is 1. The molecule has 2 saturated carbocycles. The first-order valence-corrected chi connectivity index (χ1v) is 10.3. The number of carbonyl (C=O) groups excluding carboxylic acids is 3. The van der Waals surface area contributed by atoms with E-state index in [1.807, 2.05) is 25.7 Å². The quantitative estimate of drug-likeness (QED) is 0.781. The average Bonchev–Trinajstić information content (AvgIpc) is 2.83. The molecule has 146 valence electrons. The molecule has 1 saturated heterocycles. The van der Waals surface area contributed by atoms with Crippen LogP contribution in [0.2, 0.25) is 0 Å². The zero-order chi connectivity index (χ0) is 18.9. The second-order valence-electron chi connectivity index (χ2n) is 8.63. The molecule has 3 aliphatic rings. The van der Waals surface area contributed by atoms with E-state index in [2.05, 4.69) is 5.32 Å². The van der Waals surface area contributed by atoms with Crippen LogP contribution in [0.1, 0.15) is 78.6 Å². The number of nitrogens with one attached hydrogen (secondary N) is 1. The molecule has 3 fully saturated rings. The fourth-order valence-electron chi connectivity index (χ4n) is 5.13. The number of carbonyl (C=O) groups is 3. The highest BCUT2D eigenvalue weighted by Gasteiger charge is 2.55. The van der Waals surface area contributed by atoms with Crippen molar-refractivity contribution in [1.82, 2.24) is 15.1 Å². The van der Waals surface area contributed by atoms with Gasteiger partial charge in [-0.2, -0.15) is 0 Å². The van der Waals surface area contributed by atoms with Crippen molar-refractivity contribution in [1.29, 1.82) is 0 Å². The third kappa shape index (κ3) is 3.35. The van der Waals surface area contributed by atoms with Gasteiger partial charge in [0.2, 0.25) is 5.91 Å². The number of amides is 4. The van der Waals surface area contributed by atoms with Gasteiger partial charge in [0.05, 0.1) is 0 Å². The number of imide groups is 1. The van der Waals surface area contributed by atoms with Crippen LogP contribution in [0.4, 0.5) is 4.79 Å². The molecular formula is C20H33N3O3. The van der Waals surface area contributed by atoms with E-state index >= 15 is 0 Å². The van der Waals surface area contributed by atoms with Gasteiger partial charge in [0, 0.05) is 12.1 Å². The van der Waals surface area contributed by atoms with Crippen LogP contribution in [0.25, 0.3) is 0 Å². The summed E-state index contributed by atoms with van der Waals surface area (Å²) in [6.07, 6.45) is 9.20. The Balaban J connectivity index is 1.73. The van der Waals surface area contributed by atoms with Gasteiger partial charge in [-0.15, -0.1) is 0 Å². The molecule has 0 unspecified atom stereocenters. The summed E-state index contributed by atoms with van der Waals surface area (Å²) in [5.41, 5.74) is -0.789. The summed E-state index contributed by atoms with van der Waals surface area (Å²) in [4.78, 5) is 41.7. The summed E-state index contributed by atoms with van der Waals surface area (Å²) in [5.74, 6) is -0.182. The third-order valence-electron chi connectivity index (χ3n) is 6.61. The Morgan fingerprint density at radius 2 is 1.81 bits per heavy atom. The minimum atomic E-state index is -0.789. The molecule has 0 bridgehead atoms. The molecule has 6 heteroatoms. The van der Waals surface area contributed by atoms with Crippen LogP contribution in [-0.4, -0.2) is 51.8 Å². The molecule has 6 nitrogen and oxygen atoms in total. The van der Waals surface area contributed by atoms with Crippen molar-refractivity contribution >= 4 is 17.8 Å². The van der Waals surface area contributed by atoms with E-state index in [1.54, 1.807) is 0 Å². The van der Waals surface area contributed by atoms with Crippen LogP contribution >= 0.6 is 0 Å². The molecular weight excluding hydrogens is 330 g/mol. The molecule has 4 amide bonds. The highest BCUT2D eigenvalue weighted by atomic mass is 16.2. The van der Waals surface area contributed by atoms with Crippen molar-refractivity contribution in [3.63, 3.8) is 0 Å². The fraction of sp³-hybridized carbons (Fsp3) is 0.850. The highest BCUT2D eigenvalue weighted by Crippen LogP contribution is 2.38. The van der Waals surface area contributed by atoms with E-state index in [0.29, 0.717) is 6.42 Å². The van der Waals surface area contributed by atoms with Crippen molar-refractivity contribution in [2.45, 2.75) is 96.2 Å². The molecule has 0 aromatic rings. The van der Waals surface area contributed by atoms with Gasteiger partial charge in [-0.1, -0.05) is 39.0 Å². The van der Waals surface area contributed by atoms with Gasteiger partial charge in [0.15, 0.2) is 0 Å². The maximum Gasteiger partial charge on any atom is 0.325 e. The normalized spacial score (nSPS) is 30.2. The molecule has 0 aromatic heterocycles. The van der Waals surface area contributed by atoms with Crippen molar-refractivity contribution in [3.8, 4) is 0 Å². The van der Waals surface area contributed by atoms with Gasteiger partial charge in [-0.25, -0.2) is 4.79 Å². The van der Waals surface area contributed by atoms with Gasteiger partial charge in [0.25, 0.3) is 5.91 Å². The maximum absolute atomic E-state index is 13.1. The second kappa shape index (κ2) is 7.57. The molecule has 2 atom stereocenters. The number of rotatable bonds is 4. The lowest BCUT2D eigenvalue weighted by Crippen LogP contribution is -2.54. The van der Waals surface area contributed by atoms with Gasteiger partial charge >= 0.3 is 6.03 Å². The molecule has 2 aliphatic carbocycles. The minimum absolute atomic E-state index is 0.0777. The Morgan fingerprint density at radius 3 is 2.42 bits per heavy atom. The summed E-state index contributed by atoms with van der Waals surface area (Å²) >= 11 is 0. The predicted molar refractivity (Wildman–Crippen MR) is 99.5 cm³/mol. The van der Waals surface area contributed by atoms with Crippen LogP contribution in [0.5, 0.6) is 0 Å². The fourth-order valence-corrected chi connectivity index (χ4v) is 5.13. The second-order valence-corrected chi connectivity index (χ2v) is 8.63. The zero-order valence-electron chi connectivity index (χ0n) is 16.4. The summed E-state index contributed by atoms with van der Waals surface area (Å²) in [5, 5.41) is 2.94. The van der Waals surface area contributed by atoms with Crippen LogP contribution < -0.4 is 5.32 Å². The Bertz CT molecular complexity index is 571. The van der Waals surface area contributed by atoms with Crippen molar-refractivity contribution < 1.29 is 14.4 Å². The standard InChI is InChI=1S/C20H33N3O3/c1-14(2)23(16-10-5-4-6-11-16)17(24)13-22-18(25)20(21-19(22)26)12-8-7-9-15(20)3/h14-16H,4-13H2,1-3H3,(H,21,26)/t15-,20+/m1/s1. The Hall–Kier alpha value is -1.59. The van der Waals surface area contributed by atoms with Gasteiger partial charge in [-0.3, -0.25) is 14.5 Å². The monoisotopic (exact) mass is 363 g/mol. The van der Waals surface area contributed by atoms with E-state index in [0.717, 1.165) is 44.9 Å². The SMILES string of the molecule is CC(C)N(C(=O)CN1C(=O)N[C@]2(CCCC[C@H]2C)C1=O)C1CCCCC1. The Morgan fingerprint density at radius 1 is 1.15 bits per heavy atom. The molecule has 0 radical (unpaired) electrons. The first-order chi connectivity index (χ1) is 12.4. The lowest BCUT2D eigenvalue weighted by atomic mass is 9.73.